The van der Waals surface area contributed by atoms with E-state index in [0.29, 0.717) is 5.02 Å². The fourth-order valence-corrected chi connectivity index (χ4v) is 2.01. The Kier molecular flexibility index (Phi) is 5.01. The fraction of sp³-hybridized carbons (Fsp3) is 0.118. The lowest BCUT2D eigenvalue weighted by molar-refractivity contribution is -0.111. The van der Waals surface area contributed by atoms with Crippen molar-refractivity contribution in [3.63, 3.8) is 0 Å². The van der Waals surface area contributed by atoms with Crippen LogP contribution in [0.4, 0.5) is 11.4 Å². The molecule has 0 unspecified atom stereocenters. The molecule has 1 amide bonds. The maximum Gasteiger partial charge on any atom is 0.248 e. The van der Waals surface area contributed by atoms with Crippen LogP contribution in [0.25, 0.3) is 6.08 Å². The second-order valence-electron chi connectivity index (χ2n) is 4.82. The Hall–Kier alpha value is -2.26. The molecule has 2 aromatic rings. The number of amides is 1. The Bertz CT molecular complexity index is 648. The van der Waals surface area contributed by atoms with Gasteiger partial charge in [0.1, 0.15) is 0 Å². The number of nitrogens with one attached hydrogen (secondary N) is 1. The Morgan fingerprint density at radius 1 is 1.14 bits per heavy atom. The average molecular weight is 301 g/mol. The van der Waals surface area contributed by atoms with E-state index in [1.807, 2.05) is 55.4 Å². The minimum atomic E-state index is -0.174. The maximum absolute atomic E-state index is 11.8. The molecule has 4 heteroatoms. The van der Waals surface area contributed by atoms with Crippen molar-refractivity contribution >= 4 is 35.0 Å². The van der Waals surface area contributed by atoms with Crippen molar-refractivity contribution in [3.8, 4) is 0 Å². The Labute approximate surface area is 129 Å². The maximum atomic E-state index is 11.8. The molecule has 0 fully saturated rings. The first-order valence-corrected chi connectivity index (χ1v) is 6.94. The molecule has 21 heavy (non-hydrogen) atoms. The lowest BCUT2D eigenvalue weighted by atomic mass is 10.2. The monoisotopic (exact) mass is 300 g/mol. The van der Waals surface area contributed by atoms with Crippen molar-refractivity contribution in [1.82, 2.24) is 0 Å². The number of anilines is 2. The predicted molar refractivity (Wildman–Crippen MR) is 89.9 cm³/mol. The molecule has 0 radical (unpaired) electrons. The second kappa shape index (κ2) is 6.95. The Balaban J connectivity index is 1.98. The quantitative estimate of drug-likeness (QED) is 0.864. The zero-order valence-electron chi connectivity index (χ0n) is 12.0. The van der Waals surface area contributed by atoms with E-state index in [2.05, 4.69) is 5.32 Å². The molecule has 0 spiro atoms. The van der Waals surface area contributed by atoms with Crippen LogP contribution in [-0.2, 0) is 4.79 Å². The first kappa shape index (κ1) is 15.1. The van der Waals surface area contributed by atoms with Crippen LogP contribution in [0.15, 0.2) is 54.6 Å². The summed E-state index contributed by atoms with van der Waals surface area (Å²) >= 11 is 5.89. The molecule has 1 N–H and O–H groups in total. The van der Waals surface area contributed by atoms with Gasteiger partial charge in [0.2, 0.25) is 5.91 Å². The van der Waals surface area contributed by atoms with Crippen LogP contribution in [0, 0.1) is 0 Å². The number of nitrogens with zero attached hydrogens (tertiary/aromatic N) is 1. The molecule has 3 nitrogen and oxygen atoms in total. The van der Waals surface area contributed by atoms with Gasteiger partial charge in [-0.2, -0.15) is 0 Å². The first-order valence-electron chi connectivity index (χ1n) is 6.56. The number of halogens is 1. The number of hydrogen-bond donors (Lipinski definition) is 1. The molecule has 0 bridgehead atoms. The van der Waals surface area contributed by atoms with E-state index in [1.165, 1.54) is 6.08 Å². The summed E-state index contributed by atoms with van der Waals surface area (Å²) in [6, 6.07) is 15.0. The molecule has 0 atom stereocenters. The highest BCUT2D eigenvalue weighted by molar-refractivity contribution is 6.30. The van der Waals surface area contributed by atoms with Crippen molar-refractivity contribution < 1.29 is 4.79 Å². The van der Waals surface area contributed by atoms with Crippen molar-refractivity contribution in [2.24, 2.45) is 0 Å². The van der Waals surface area contributed by atoms with E-state index in [9.17, 15) is 4.79 Å². The highest BCUT2D eigenvalue weighted by atomic mass is 35.5. The predicted octanol–water partition coefficient (Wildman–Crippen LogP) is 4.06. The summed E-state index contributed by atoms with van der Waals surface area (Å²) < 4.78 is 0. The van der Waals surface area contributed by atoms with Crippen LogP contribution < -0.4 is 10.2 Å². The van der Waals surface area contributed by atoms with E-state index >= 15 is 0 Å². The number of benzene rings is 2. The third-order valence-corrected chi connectivity index (χ3v) is 3.16. The van der Waals surface area contributed by atoms with E-state index in [-0.39, 0.29) is 5.91 Å². The van der Waals surface area contributed by atoms with Crippen LogP contribution in [0.3, 0.4) is 0 Å². The van der Waals surface area contributed by atoms with Crippen molar-refractivity contribution in [1.29, 1.82) is 0 Å². The summed E-state index contributed by atoms with van der Waals surface area (Å²) in [6.45, 7) is 0. The molecule has 2 aromatic carbocycles. The fourth-order valence-electron chi connectivity index (χ4n) is 1.81. The molecule has 0 saturated heterocycles. The number of hydrogen-bond acceptors (Lipinski definition) is 2. The van der Waals surface area contributed by atoms with Gasteiger partial charge < -0.3 is 10.2 Å². The normalized spacial score (nSPS) is 10.6. The van der Waals surface area contributed by atoms with Gasteiger partial charge in [-0.15, -0.1) is 0 Å². The third kappa shape index (κ3) is 4.65. The molecular weight excluding hydrogens is 284 g/mol. The molecule has 0 aliphatic carbocycles. The highest BCUT2D eigenvalue weighted by Crippen LogP contribution is 2.16. The van der Waals surface area contributed by atoms with E-state index in [1.54, 1.807) is 18.2 Å². The summed E-state index contributed by atoms with van der Waals surface area (Å²) in [6.07, 6.45) is 3.22. The minimum Gasteiger partial charge on any atom is -0.378 e. The lowest BCUT2D eigenvalue weighted by Gasteiger charge is -2.12. The van der Waals surface area contributed by atoms with E-state index in [0.717, 1.165) is 16.9 Å². The Morgan fingerprint density at radius 2 is 1.86 bits per heavy atom. The number of rotatable bonds is 4. The molecule has 108 valence electrons. The summed E-state index contributed by atoms with van der Waals surface area (Å²) in [5.41, 5.74) is 2.74. The molecule has 0 aliphatic heterocycles. The van der Waals surface area contributed by atoms with Crippen molar-refractivity contribution in [3.05, 3.63) is 65.2 Å². The molecule has 0 aliphatic rings. The SMILES string of the molecule is CN(C)c1ccc(NC(=O)/C=C/c2cccc(Cl)c2)cc1. The molecular formula is C17H17ClN2O. The summed E-state index contributed by atoms with van der Waals surface area (Å²) in [4.78, 5) is 13.9. The molecule has 0 saturated carbocycles. The average Bonchev–Trinajstić information content (AvgIpc) is 2.46. The van der Waals surface area contributed by atoms with Crippen LogP contribution in [0.1, 0.15) is 5.56 Å². The van der Waals surface area contributed by atoms with Gasteiger partial charge in [0.05, 0.1) is 0 Å². The molecule has 0 heterocycles. The van der Waals surface area contributed by atoms with Crippen LogP contribution in [-0.4, -0.2) is 20.0 Å². The number of carbonyl (C=O) groups is 1. The summed E-state index contributed by atoms with van der Waals surface area (Å²) in [5, 5.41) is 3.47. The van der Waals surface area contributed by atoms with Crippen molar-refractivity contribution in [2.75, 3.05) is 24.3 Å². The van der Waals surface area contributed by atoms with Crippen LogP contribution >= 0.6 is 11.6 Å². The topological polar surface area (TPSA) is 32.3 Å². The molecule has 2 rings (SSSR count). The van der Waals surface area contributed by atoms with Crippen LogP contribution in [0.5, 0.6) is 0 Å². The summed E-state index contributed by atoms with van der Waals surface area (Å²) in [7, 11) is 3.95. The Morgan fingerprint density at radius 3 is 2.48 bits per heavy atom. The zero-order chi connectivity index (χ0) is 15.2. The highest BCUT2D eigenvalue weighted by Gasteiger charge is 1.99. The lowest BCUT2D eigenvalue weighted by Crippen LogP contribution is -2.10. The first-order chi connectivity index (χ1) is 10.0. The standard InChI is InChI=1S/C17H17ClN2O/c1-20(2)16-9-7-15(8-10-16)19-17(21)11-6-13-4-3-5-14(18)12-13/h3-12H,1-2H3,(H,19,21)/b11-6+. The minimum absolute atomic E-state index is 0.174. The van der Waals surface area contributed by atoms with Gasteiger partial charge in [0.15, 0.2) is 0 Å². The number of carbonyl (C=O) groups excluding carboxylic acids is 1. The van der Waals surface area contributed by atoms with Gasteiger partial charge in [-0.05, 0) is 48.0 Å². The zero-order valence-corrected chi connectivity index (χ0v) is 12.8. The van der Waals surface area contributed by atoms with E-state index in [4.69, 9.17) is 11.6 Å². The van der Waals surface area contributed by atoms with Gasteiger partial charge in [-0.3, -0.25) is 4.79 Å². The smallest absolute Gasteiger partial charge is 0.248 e. The third-order valence-electron chi connectivity index (χ3n) is 2.93. The van der Waals surface area contributed by atoms with Gasteiger partial charge in [-0.25, -0.2) is 0 Å². The molecule has 0 aromatic heterocycles. The van der Waals surface area contributed by atoms with Gasteiger partial charge in [0, 0.05) is 36.6 Å². The van der Waals surface area contributed by atoms with Gasteiger partial charge >= 0.3 is 0 Å². The van der Waals surface area contributed by atoms with Crippen LogP contribution in [0.2, 0.25) is 5.02 Å². The van der Waals surface area contributed by atoms with Crippen molar-refractivity contribution in [2.45, 2.75) is 0 Å². The second-order valence-corrected chi connectivity index (χ2v) is 5.26. The summed E-state index contributed by atoms with van der Waals surface area (Å²) in [5.74, 6) is -0.174. The van der Waals surface area contributed by atoms with E-state index < -0.39 is 0 Å². The van der Waals surface area contributed by atoms with Gasteiger partial charge in [-0.1, -0.05) is 23.7 Å². The largest absolute Gasteiger partial charge is 0.378 e. The van der Waals surface area contributed by atoms with Gasteiger partial charge in [0.25, 0.3) is 0 Å².